The number of carboxylic acid groups (broad SMARTS) is 1. The van der Waals surface area contributed by atoms with Crippen molar-refractivity contribution < 1.29 is 23.5 Å². The average Bonchev–Trinajstić information content (AvgIpc) is 3.31. The zero-order chi connectivity index (χ0) is 33.2. The zero-order valence-corrected chi connectivity index (χ0v) is 27.0. The van der Waals surface area contributed by atoms with E-state index in [0.717, 1.165) is 0 Å². The molecule has 0 spiro atoms. The van der Waals surface area contributed by atoms with Crippen molar-refractivity contribution in [1.82, 2.24) is 10.3 Å². The van der Waals surface area contributed by atoms with Crippen LogP contribution in [0.15, 0.2) is 85.2 Å². The fraction of sp³-hybridized carbons (Fsp3) is 0.286. The fourth-order valence-electron chi connectivity index (χ4n) is 6.46. The van der Waals surface area contributed by atoms with Gasteiger partial charge in [0, 0.05) is 47.0 Å². The third-order valence-corrected chi connectivity index (χ3v) is 8.91. The Balaban J connectivity index is 1.73. The van der Waals surface area contributed by atoms with Crippen molar-refractivity contribution in [3.05, 3.63) is 124 Å². The van der Waals surface area contributed by atoms with Gasteiger partial charge in [-0.1, -0.05) is 62.2 Å². The monoisotopic (exact) mass is 666 g/mol. The highest BCUT2D eigenvalue weighted by molar-refractivity contribution is 6.31. The summed E-state index contributed by atoms with van der Waals surface area (Å²) in [6, 6.07) is 16.7. The molecule has 1 aliphatic heterocycles. The lowest BCUT2D eigenvalue weighted by Crippen LogP contribution is -2.50. The third kappa shape index (κ3) is 6.87. The molecule has 5 rings (SSSR count). The van der Waals surface area contributed by atoms with E-state index in [2.05, 4.69) is 20.9 Å². The molecule has 0 saturated carbocycles. The van der Waals surface area contributed by atoms with Gasteiger partial charge in [-0.05, 0) is 77.6 Å². The molecule has 240 valence electrons. The Hall–Kier alpha value is -4.05. The minimum atomic E-state index is -1.28. The second kappa shape index (κ2) is 13.4. The highest BCUT2D eigenvalue weighted by atomic mass is 35.5. The van der Waals surface area contributed by atoms with Crippen LogP contribution in [0.2, 0.25) is 10.0 Å². The number of hydrogen-bond acceptors (Lipinski definition) is 5. The zero-order valence-electron chi connectivity index (χ0n) is 25.5. The van der Waals surface area contributed by atoms with E-state index in [0.29, 0.717) is 17.8 Å². The molecule has 0 unspecified atom stereocenters. The van der Waals surface area contributed by atoms with Crippen molar-refractivity contribution in [2.45, 2.75) is 50.6 Å². The molecule has 46 heavy (non-hydrogen) atoms. The van der Waals surface area contributed by atoms with Crippen LogP contribution >= 0.6 is 23.2 Å². The van der Waals surface area contributed by atoms with Gasteiger partial charge in [0.05, 0.1) is 22.3 Å². The quantitative estimate of drug-likeness (QED) is 0.145. The van der Waals surface area contributed by atoms with Gasteiger partial charge in [-0.25, -0.2) is 13.6 Å². The molecule has 1 fully saturated rings. The number of benzene rings is 3. The first-order chi connectivity index (χ1) is 21.8. The van der Waals surface area contributed by atoms with Crippen LogP contribution in [-0.4, -0.2) is 40.6 Å². The van der Waals surface area contributed by atoms with Crippen molar-refractivity contribution in [2.24, 2.45) is 5.41 Å². The van der Waals surface area contributed by atoms with E-state index in [-0.39, 0.29) is 38.7 Å². The van der Waals surface area contributed by atoms with Gasteiger partial charge in [-0.15, -0.1) is 0 Å². The molecule has 0 radical (unpaired) electrons. The number of aromatic nitrogens is 1. The fourth-order valence-corrected chi connectivity index (χ4v) is 6.80. The summed E-state index contributed by atoms with van der Waals surface area (Å²) in [6.07, 6.45) is 3.74. The summed E-state index contributed by atoms with van der Waals surface area (Å²) < 4.78 is 32.5. The number of halogens is 4. The van der Waals surface area contributed by atoms with Crippen LogP contribution in [0.5, 0.6) is 0 Å². The summed E-state index contributed by atoms with van der Waals surface area (Å²) >= 11 is 12.6. The first-order valence-corrected chi connectivity index (χ1v) is 15.5. The Morgan fingerprint density at radius 3 is 2.37 bits per heavy atom. The second-order valence-corrected chi connectivity index (χ2v) is 13.6. The lowest BCUT2D eigenvalue weighted by atomic mass is 9.61. The predicted octanol–water partition coefficient (Wildman–Crippen LogP) is 7.91. The van der Waals surface area contributed by atoms with Gasteiger partial charge in [0.1, 0.15) is 11.6 Å². The highest BCUT2D eigenvalue weighted by Crippen LogP contribution is 2.53. The maximum absolute atomic E-state index is 16.3. The number of nitrogens with one attached hydrogen (secondary N) is 3. The van der Waals surface area contributed by atoms with Gasteiger partial charge in [-0.3, -0.25) is 9.78 Å². The van der Waals surface area contributed by atoms with E-state index in [1.54, 1.807) is 42.7 Å². The van der Waals surface area contributed by atoms with E-state index in [9.17, 15) is 14.7 Å². The van der Waals surface area contributed by atoms with Crippen LogP contribution in [0, 0.1) is 17.0 Å². The molecule has 4 aromatic rings. The standard InChI is InChI=1S/C35H34Cl2F2N4O3/c1-34(2,3)17-28-35(19-41-23-6-5-15-40-18-23,25-14-11-21(36)16-27(25)38)29(24-7-4-8-26(37)30(24)39)31(43-28)32(44)42-22-12-9-20(10-13-22)33(45)46/h4-16,18,28-29,31,41,43H,17,19H2,1-3H3,(H,42,44)(H,45,46)/t28-,29-,31+,35-/m0/s1. The first-order valence-electron chi connectivity index (χ1n) is 14.7. The van der Waals surface area contributed by atoms with Crippen LogP contribution in [0.1, 0.15) is 54.6 Å². The summed E-state index contributed by atoms with van der Waals surface area (Å²) in [4.78, 5) is 29.8. The molecule has 0 aliphatic carbocycles. The number of carbonyl (C=O) groups is 2. The molecule has 1 saturated heterocycles. The van der Waals surface area contributed by atoms with Gasteiger partial charge in [0.15, 0.2) is 0 Å². The number of rotatable bonds is 9. The number of pyridine rings is 1. The number of hydrogen-bond donors (Lipinski definition) is 4. The Bertz CT molecular complexity index is 1730. The van der Waals surface area contributed by atoms with Gasteiger partial charge < -0.3 is 21.1 Å². The summed E-state index contributed by atoms with van der Waals surface area (Å²) in [5.41, 5.74) is -0.144. The number of carboxylic acids is 1. The number of aromatic carboxylic acids is 1. The molecule has 3 aromatic carbocycles. The predicted molar refractivity (Wildman–Crippen MR) is 177 cm³/mol. The Labute approximate surface area is 276 Å². The molecule has 1 amide bonds. The van der Waals surface area contributed by atoms with Crippen molar-refractivity contribution in [3.63, 3.8) is 0 Å². The normalized spacial score (nSPS) is 21.2. The Morgan fingerprint density at radius 2 is 1.74 bits per heavy atom. The van der Waals surface area contributed by atoms with E-state index in [1.807, 2.05) is 26.8 Å². The van der Waals surface area contributed by atoms with Crippen LogP contribution in [0.3, 0.4) is 0 Å². The SMILES string of the molecule is CC(C)(C)C[C@@H]1N[C@@H](C(=O)Nc2ccc(C(=O)O)cc2)[C@H](c2cccc(Cl)c2F)[C@@]1(CNc1cccnc1)c1ccc(Cl)cc1F. The van der Waals surface area contributed by atoms with Crippen LogP contribution in [-0.2, 0) is 10.2 Å². The number of amides is 1. The van der Waals surface area contributed by atoms with E-state index >= 15 is 8.78 Å². The van der Waals surface area contributed by atoms with Crippen LogP contribution in [0.4, 0.5) is 20.2 Å². The summed E-state index contributed by atoms with van der Waals surface area (Å²) in [7, 11) is 0. The van der Waals surface area contributed by atoms with E-state index < -0.39 is 46.9 Å². The molecule has 1 aromatic heterocycles. The molecular weight excluding hydrogens is 633 g/mol. The lowest BCUT2D eigenvalue weighted by Gasteiger charge is -2.43. The number of anilines is 2. The smallest absolute Gasteiger partial charge is 0.335 e. The molecule has 11 heteroatoms. The average molecular weight is 668 g/mol. The van der Waals surface area contributed by atoms with Gasteiger partial charge in [-0.2, -0.15) is 0 Å². The van der Waals surface area contributed by atoms with Crippen molar-refractivity contribution in [2.75, 3.05) is 17.2 Å². The van der Waals surface area contributed by atoms with Gasteiger partial charge >= 0.3 is 5.97 Å². The first kappa shape index (κ1) is 33.3. The lowest BCUT2D eigenvalue weighted by molar-refractivity contribution is -0.118. The van der Waals surface area contributed by atoms with Crippen molar-refractivity contribution in [1.29, 1.82) is 0 Å². The topological polar surface area (TPSA) is 103 Å². The third-order valence-electron chi connectivity index (χ3n) is 8.38. The van der Waals surface area contributed by atoms with Gasteiger partial charge in [0.25, 0.3) is 0 Å². The molecular formula is C35H34Cl2F2N4O3. The largest absolute Gasteiger partial charge is 0.478 e. The summed E-state index contributed by atoms with van der Waals surface area (Å²) in [5, 5.41) is 19.1. The second-order valence-electron chi connectivity index (χ2n) is 12.7. The Kier molecular flexibility index (Phi) is 9.67. The van der Waals surface area contributed by atoms with Crippen molar-refractivity contribution in [3.8, 4) is 0 Å². The molecule has 0 bridgehead atoms. The number of carbonyl (C=O) groups excluding carboxylic acids is 1. The van der Waals surface area contributed by atoms with Crippen molar-refractivity contribution >= 4 is 46.5 Å². The molecule has 4 atom stereocenters. The molecule has 4 N–H and O–H groups in total. The minimum absolute atomic E-state index is 0.0554. The molecule has 2 heterocycles. The Morgan fingerprint density at radius 1 is 1.00 bits per heavy atom. The maximum atomic E-state index is 16.3. The maximum Gasteiger partial charge on any atom is 0.335 e. The number of nitrogens with zero attached hydrogens (tertiary/aromatic N) is 1. The summed E-state index contributed by atoms with van der Waals surface area (Å²) in [5.74, 6) is -3.91. The molecule has 7 nitrogen and oxygen atoms in total. The van der Waals surface area contributed by atoms with Crippen LogP contribution < -0.4 is 16.0 Å². The van der Waals surface area contributed by atoms with E-state index in [4.69, 9.17) is 23.2 Å². The highest BCUT2D eigenvalue weighted by Gasteiger charge is 2.60. The molecule has 1 aliphatic rings. The van der Waals surface area contributed by atoms with Gasteiger partial charge in [0.2, 0.25) is 5.91 Å². The van der Waals surface area contributed by atoms with Crippen LogP contribution in [0.25, 0.3) is 0 Å². The van der Waals surface area contributed by atoms with E-state index in [1.165, 1.54) is 36.4 Å². The summed E-state index contributed by atoms with van der Waals surface area (Å²) in [6.45, 7) is 6.20. The minimum Gasteiger partial charge on any atom is -0.478 e.